The molecule has 0 saturated heterocycles. The molecule has 0 saturated carbocycles. The second-order valence-corrected chi connectivity index (χ2v) is 7.85. The van der Waals surface area contributed by atoms with Crippen molar-refractivity contribution in [2.24, 2.45) is 0 Å². The summed E-state index contributed by atoms with van der Waals surface area (Å²) >= 11 is 5.82. The molecule has 0 aliphatic rings. The number of aromatic hydroxyl groups is 1. The number of carbonyl (C=O) groups is 1. The van der Waals surface area contributed by atoms with Gasteiger partial charge in [0.15, 0.2) is 0 Å². The molecule has 2 amide bonds. The van der Waals surface area contributed by atoms with Gasteiger partial charge in [-0.15, -0.1) is 13.2 Å². The van der Waals surface area contributed by atoms with Crippen molar-refractivity contribution < 1.29 is 27.8 Å². The van der Waals surface area contributed by atoms with Gasteiger partial charge in [0.2, 0.25) is 5.88 Å². The fourth-order valence-corrected chi connectivity index (χ4v) is 3.41. The summed E-state index contributed by atoms with van der Waals surface area (Å²) in [6.45, 7) is 0.0185. The third-order valence-corrected chi connectivity index (χ3v) is 5.04. The van der Waals surface area contributed by atoms with Crippen molar-refractivity contribution in [2.75, 3.05) is 10.6 Å². The van der Waals surface area contributed by atoms with Crippen LogP contribution in [0.25, 0.3) is 5.69 Å². The molecule has 0 bridgehead atoms. The van der Waals surface area contributed by atoms with Crippen LogP contribution in [-0.4, -0.2) is 31.6 Å². The van der Waals surface area contributed by atoms with E-state index in [9.17, 15) is 27.9 Å². The summed E-state index contributed by atoms with van der Waals surface area (Å²) in [4.78, 5) is 29.2. The van der Waals surface area contributed by atoms with Crippen LogP contribution in [-0.2, 0) is 6.54 Å². The number of ether oxygens (including phenoxy) is 1. The van der Waals surface area contributed by atoms with Crippen LogP contribution in [0.15, 0.2) is 77.9 Å². The van der Waals surface area contributed by atoms with Crippen molar-refractivity contribution in [3.63, 3.8) is 0 Å². The summed E-state index contributed by atoms with van der Waals surface area (Å²) in [5.41, 5.74) is 0.611. The Labute approximate surface area is 206 Å². The molecule has 2 heterocycles. The molecule has 0 unspecified atom stereocenters. The smallest absolute Gasteiger partial charge is 0.493 e. The van der Waals surface area contributed by atoms with E-state index in [-0.39, 0.29) is 18.1 Å². The number of imidazole rings is 1. The highest BCUT2D eigenvalue weighted by Crippen LogP contribution is 2.24. The van der Waals surface area contributed by atoms with Gasteiger partial charge in [0.05, 0.1) is 18.4 Å². The molecule has 0 radical (unpaired) electrons. The Kier molecular flexibility index (Phi) is 6.88. The average Bonchev–Trinajstić information content (AvgIpc) is 3.08. The maximum atomic E-state index is 12.8. The minimum atomic E-state index is -4.85. The van der Waals surface area contributed by atoms with Gasteiger partial charge < -0.3 is 15.2 Å². The van der Waals surface area contributed by atoms with E-state index < -0.39 is 29.7 Å². The number of hydrogen-bond donors (Lipinski definition) is 3. The number of carbonyl (C=O) groups excluding carboxylic acids is 1. The molecule has 9 nitrogen and oxygen atoms in total. The van der Waals surface area contributed by atoms with Crippen LogP contribution in [0.1, 0.15) is 5.56 Å². The topological polar surface area (TPSA) is 110 Å². The van der Waals surface area contributed by atoms with Gasteiger partial charge in [0.25, 0.3) is 0 Å². The quantitative estimate of drug-likeness (QED) is 0.333. The lowest BCUT2D eigenvalue weighted by Crippen LogP contribution is -2.24. The van der Waals surface area contributed by atoms with Gasteiger partial charge in [-0.2, -0.15) is 0 Å². The molecular weight excluding hydrogens is 503 g/mol. The molecule has 0 aliphatic carbocycles. The van der Waals surface area contributed by atoms with E-state index in [2.05, 4.69) is 20.4 Å². The Balaban J connectivity index is 1.47. The molecule has 0 atom stereocenters. The average molecular weight is 520 g/mol. The summed E-state index contributed by atoms with van der Waals surface area (Å²) in [5, 5.41) is 16.0. The van der Waals surface area contributed by atoms with Gasteiger partial charge in [-0.3, -0.25) is 9.88 Å². The number of nitrogens with zero attached hydrogens (tertiary/aromatic N) is 3. The van der Waals surface area contributed by atoms with Gasteiger partial charge in [0.1, 0.15) is 11.6 Å². The number of rotatable bonds is 6. The van der Waals surface area contributed by atoms with E-state index in [1.54, 1.807) is 36.4 Å². The Morgan fingerprint density at radius 1 is 1.06 bits per heavy atom. The number of anilines is 2. The zero-order valence-corrected chi connectivity index (χ0v) is 18.9. The first-order valence-corrected chi connectivity index (χ1v) is 10.6. The number of nitrogens with one attached hydrogen (secondary N) is 2. The number of alkyl halides is 3. The van der Waals surface area contributed by atoms with Gasteiger partial charge in [-0.1, -0.05) is 11.6 Å². The summed E-state index contributed by atoms with van der Waals surface area (Å²) in [6, 6.07) is 13.6. The normalized spacial score (nSPS) is 11.2. The number of amides is 2. The Hall–Kier alpha value is -4.45. The first-order chi connectivity index (χ1) is 17.1. The number of benzene rings is 2. The highest BCUT2D eigenvalue weighted by atomic mass is 35.5. The van der Waals surface area contributed by atoms with Crippen molar-refractivity contribution in [3.8, 4) is 17.3 Å². The standard InChI is InChI=1S/C23H17ClF3N5O4/c24-15-1-3-16(4-2-15)29-21(34)30-19-11-14(9-10-28-19)12-31-13-20(33)32(22(31)35)17-5-7-18(8-6-17)36-23(25,26)27/h1-11,13,33H,12H2,(H2,28,29,30,34). The third-order valence-electron chi connectivity index (χ3n) is 4.79. The largest absolute Gasteiger partial charge is 0.573 e. The van der Waals surface area contributed by atoms with Crippen molar-refractivity contribution in [1.29, 1.82) is 0 Å². The van der Waals surface area contributed by atoms with Crippen LogP contribution < -0.4 is 21.1 Å². The highest BCUT2D eigenvalue weighted by Gasteiger charge is 2.31. The molecule has 2 aromatic carbocycles. The highest BCUT2D eigenvalue weighted by molar-refractivity contribution is 6.30. The molecular formula is C23H17ClF3N5O4. The van der Waals surface area contributed by atoms with E-state index in [4.69, 9.17) is 11.6 Å². The van der Waals surface area contributed by atoms with Crippen molar-refractivity contribution >= 4 is 29.1 Å². The second-order valence-electron chi connectivity index (χ2n) is 7.41. The number of pyridine rings is 1. The maximum Gasteiger partial charge on any atom is 0.573 e. The molecule has 0 fully saturated rings. The van der Waals surface area contributed by atoms with Crippen LogP contribution in [0, 0.1) is 0 Å². The van der Waals surface area contributed by atoms with E-state index in [1.807, 2.05) is 0 Å². The van der Waals surface area contributed by atoms with Gasteiger partial charge >= 0.3 is 18.1 Å². The van der Waals surface area contributed by atoms with E-state index in [0.29, 0.717) is 16.3 Å². The molecule has 186 valence electrons. The van der Waals surface area contributed by atoms with Crippen molar-refractivity contribution in [2.45, 2.75) is 12.9 Å². The number of urea groups is 1. The maximum absolute atomic E-state index is 12.8. The Morgan fingerprint density at radius 3 is 2.42 bits per heavy atom. The number of aromatic nitrogens is 3. The minimum Gasteiger partial charge on any atom is -0.493 e. The molecule has 0 aliphatic heterocycles. The second kappa shape index (κ2) is 10.0. The molecule has 13 heteroatoms. The monoisotopic (exact) mass is 519 g/mol. The molecule has 4 rings (SSSR count). The van der Waals surface area contributed by atoms with Gasteiger partial charge in [0, 0.05) is 16.9 Å². The van der Waals surface area contributed by atoms with Crippen molar-refractivity contribution in [1.82, 2.24) is 14.1 Å². The molecule has 2 aromatic heterocycles. The molecule has 3 N–H and O–H groups in total. The third kappa shape index (κ3) is 6.16. The summed E-state index contributed by atoms with van der Waals surface area (Å²) in [6.07, 6.45) is -2.23. The van der Waals surface area contributed by atoms with Crippen LogP contribution >= 0.6 is 11.6 Å². The lowest BCUT2D eigenvalue weighted by molar-refractivity contribution is -0.274. The molecule has 0 spiro atoms. The number of hydrogen-bond acceptors (Lipinski definition) is 5. The van der Waals surface area contributed by atoms with Gasteiger partial charge in [-0.25, -0.2) is 19.1 Å². The van der Waals surface area contributed by atoms with Crippen LogP contribution in [0.2, 0.25) is 5.02 Å². The Morgan fingerprint density at radius 2 is 1.75 bits per heavy atom. The summed E-state index contributed by atoms with van der Waals surface area (Å²) < 4.78 is 43.0. The van der Waals surface area contributed by atoms with Crippen LogP contribution in [0.3, 0.4) is 0 Å². The van der Waals surface area contributed by atoms with Gasteiger partial charge in [-0.05, 0) is 66.2 Å². The van der Waals surface area contributed by atoms with Crippen molar-refractivity contribution in [3.05, 3.63) is 94.1 Å². The lowest BCUT2D eigenvalue weighted by atomic mass is 10.2. The van der Waals surface area contributed by atoms with Crippen LogP contribution in [0.4, 0.5) is 29.5 Å². The molecule has 4 aromatic rings. The zero-order chi connectivity index (χ0) is 25.9. The Bertz CT molecular complexity index is 1430. The summed E-state index contributed by atoms with van der Waals surface area (Å²) in [5.74, 6) is -0.662. The minimum absolute atomic E-state index is 0.0185. The number of halogens is 4. The van der Waals surface area contributed by atoms with E-state index in [1.165, 1.54) is 29.1 Å². The van der Waals surface area contributed by atoms with Crippen LogP contribution in [0.5, 0.6) is 11.6 Å². The predicted octanol–water partition coefficient (Wildman–Crippen LogP) is 4.98. The first kappa shape index (κ1) is 24.7. The lowest BCUT2D eigenvalue weighted by Gasteiger charge is -2.09. The first-order valence-electron chi connectivity index (χ1n) is 10.2. The zero-order valence-electron chi connectivity index (χ0n) is 18.2. The fourth-order valence-electron chi connectivity index (χ4n) is 3.28. The molecule has 36 heavy (non-hydrogen) atoms. The fraction of sp³-hybridized carbons (Fsp3) is 0.0870. The predicted molar refractivity (Wildman–Crippen MR) is 126 cm³/mol. The summed E-state index contributed by atoms with van der Waals surface area (Å²) in [7, 11) is 0. The SMILES string of the molecule is O=C(Nc1ccc(Cl)cc1)Nc1cc(Cn2cc(O)n(-c3ccc(OC(F)(F)F)cc3)c2=O)ccn1. The van der Waals surface area contributed by atoms with E-state index >= 15 is 0 Å². The van der Waals surface area contributed by atoms with E-state index in [0.717, 1.165) is 16.7 Å².